The van der Waals surface area contributed by atoms with Crippen LogP contribution >= 0.6 is 0 Å². The molecule has 2 heteroatoms. The largest absolute Gasteiger partial charge is 0.484 e. The van der Waals surface area contributed by atoms with E-state index in [9.17, 15) is 0 Å². The van der Waals surface area contributed by atoms with Gasteiger partial charge >= 0.3 is 0 Å². The van der Waals surface area contributed by atoms with E-state index >= 15 is 0 Å². The highest BCUT2D eigenvalue weighted by Gasteiger charge is 2.47. The van der Waals surface area contributed by atoms with E-state index in [0.29, 0.717) is 0 Å². The molecule has 46 heavy (non-hydrogen) atoms. The van der Waals surface area contributed by atoms with Crippen molar-refractivity contribution in [1.29, 1.82) is 0 Å². The van der Waals surface area contributed by atoms with Crippen LogP contribution < -0.4 is 9.64 Å². The first kappa shape index (κ1) is 27.3. The van der Waals surface area contributed by atoms with Crippen LogP contribution in [-0.2, 0) is 17.3 Å². The van der Waals surface area contributed by atoms with Gasteiger partial charge in [-0.05, 0) is 94.1 Å². The Kier molecular flexibility index (Phi) is 5.79. The summed E-state index contributed by atoms with van der Waals surface area (Å²) in [5.74, 6) is 1.26. The first-order chi connectivity index (χ1) is 22.3. The Morgan fingerprint density at radius 2 is 1.48 bits per heavy atom. The summed E-state index contributed by atoms with van der Waals surface area (Å²) in [4.78, 5) is 2.37. The fraction of sp³-hybridized carbons (Fsp3) is 0.227. The van der Waals surface area contributed by atoms with Gasteiger partial charge < -0.3 is 9.64 Å². The first-order valence-electron chi connectivity index (χ1n) is 16.6. The van der Waals surface area contributed by atoms with Gasteiger partial charge in [0.25, 0.3) is 0 Å². The molecule has 2 atom stereocenters. The zero-order valence-corrected chi connectivity index (χ0v) is 26.9. The lowest BCUT2D eigenvalue weighted by molar-refractivity contribution is 0.277. The van der Waals surface area contributed by atoms with Crippen LogP contribution in [0.2, 0.25) is 0 Å². The van der Waals surface area contributed by atoms with Gasteiger partial charge in [0.05, 0.1) is 5.69 Å². The third-order valence-corrected chi connectivity index (χ3v) is 11.0. The zero-order valence-electron chi connectivity index (χ0n) is 26.9. The monoisotopic (exact) mass is 595 g/mol. The van der Waals surface area contributed by atoms with Crippen LogP contribution in [0.25, 0.3) is 16.7 Å². The van der Waals surface area contributed by atoms with Crippen LogP contribution in [0.4, 0.5) is 17.1 Å². The zero-order chi connectivity index (χ0) is 31.2. The number of benzene rings is 4. The Morgan fingerprint density at radius 1 is 0.739 bits per heavy atom. The van der Waals surface area contributed by atoms with Crippen molar-refractivity contribution in [3.8, 4) is 16.9 Å². The van der Waals surface area contributed by atoms with Gasteiger partial charge in [0.2, 0.25) is 0 Å². The topological polar surface area (TPSA) is 12.5 Å². The van der Waals surface area contributed by atoms with Crippen molar-refractivity contribution in [1.82, 2.24) is 0 Å². The summed E-state index contributed by atoms with van der Waals surface area (Å²) in [5, 5.41) is 0. The van der Waals surface area contributed by atoms with Crippen LogP contribution in [0, 0.1) is 12.1 Å². The quantitative estimate of drug-likeness (QED) is 0.205. The predicted octanol–water partition coefficient (Wildman–Crippen LogP) is 10.8. The van der Waals surface area contributed by atoms with Crippen LogP contribution in [0.5, 0.6) is 5.75 Å². The summed E-state index contributed by atoms with van der Waals surface area (Å²) in [6, 6.07) is 44.6. The fourth-order valence-electron chi connectivity index (χ4n) is 8.36. The predicted molar refractivity (Wildman–Crippen MR) is 188 cm³/mol. The molecular weight excluding hydrogens is 558 g/mol. The molecule has 4 aliphatic rings. The molecule has 0 bridgehead atoms. The second kappa shape index (κ2) is 9.75. The molecule has 5 aromatic carbocycles. The molecular formula is C44H37NO. The van der Waals surface area contributed by atoms with Crippen molar-refractivity contribution in [2.75, 3.05) is 4.90 Å². The summed E-state index contributed by atoms with van der Waals surface area (Å²) in [6.07, 6.45) is 6.95. The number of rotatable bonds is 4. The SMILES string of the molecule is CC1(C)CCc2c#cc(N(c3ccc(-c4ccccc4)cc3)c3ccc4c(c3)C(C)(C)C3=C4[C@H]4Oc5ccccc5C4C=C3)cc21. The first-order valence-corrected chi connectivity index (χ1v) is 16.6. The van der Waals surface area contributed by atoms with E-state index in [1.165, 1.54) is 50.1 Å². The van der Waals surface area contributed by atoms with E-state index < -0.39 is 0 Å². The Bertz CT molecular complexity index is 2080. The van der Waals surface area contributed by atoms with Crippen molar-refractivity contribution >= 4 is 22.6 Å². The average molecular weight is 596 g/mol. The molecule has 9 rings (SSSR count). The average Bonchev–Trinajstić information content (AvgIpc) is 3.68. The van der Waals surface area contributed by atoms with Gasteiger partial charge in [-0.2, -0.15) is 0 Å². The molecule has 3 aliphatic carbocycles. The van der Waals surface area contributed by atoms with E-state index in [0.717, 1.165) is 35.7 Å². The summed E-state index contributed by atoms with van der Waals surface area (Å²) < 4.78 is 6.67. The maximum Gasteiger partial charge on any atom is 0.135 e. The van der Waals surface area contributed by atoms with Crippen molar-refractivity contribution in [2.45, 2.75) is 63.4 Å². The molecule has 0 saturated heterocycles. The maximum absolute atomic E-state index is 6.67. The number of fused-ring (bicyclic) bond motifs is 7. The van der Waals surface area contributed by atoms with E-state index in [-0.39, 0.29) is 22.9 Å². The van der Waals surface area contributed by atoms with E-state index in [1.807, 2.05) is 0 Å². The molecule has 0 radical (unpaired) electrons. The molecule has 2 nitrogen and oxygen atoms in total. The molecule has 0 saturated carbocycles. The van der Waals surface area contributed by atoms with Crippen LogP contribution in [0.1, 0.15) is 67.9 Å². The van der Waals surface area contributed by atoms with Gasteiger partial charge in [0.15, 0.2) is 0 Å². The Labute approximate surface area is 272 Å². The Balaban J connectivity index is 1.16. The highest BCUT2D eigenvalue weighted by atomic mass is 16.5. The molecule has 1 heterocycles. The lowest BCUT2D eigenvalue weighted by atomic mass is 9.77. The van der Waals surface area contributed by atoms with Crippen molar-refractivity contribution in [3.05, 3.63) is 161 Å². The standard InChI is InChI=1S/C44H37NO/c1-43(2)25-24-30-16-19-32(26-38(30)43)45(31-17-14-29(15-18-31)28-10-6-5-7-11-28)33-20-21-36-39(27-33)44(3,4)37-23-22-35-34-12-8-9-13-40(34)46-42(35)41(36)37/h5-15,17-18,20-23,26-27,35,42H,24-25H2,1-4H3/t35?,42-/m0/s1. The van der Waals surface area contributed by atoms with Crippen LogP contribution in [0.3, 0.4) is 0 Å². The van der Waals surface area contributed by atoms with Gasteiger partial charge in [0, 0.05) is 39.4 Å². The summed E-state index contributed by atoms with van der Waals surface area (Å²) in [6.45, 7) is 9.43. The van der Waals surface area contributed by atoms with E-state index in [1.54, 1.807) is 0 Å². The summed E-state index contributed by atoms with van der Waals surface area (Å²) in [5.41, 5.74) is 15.0. The summed E-state index contributed by atoms with van der Waals surface area (Å²) in [7, 11) is 0. The Hall–Kier alpha value is -5.00. The minimum absolute atomic E-state index is 0.00675. The third-order valence-electron chi connectivity index (χ3n) is 11.0. The van der Waals surface area contributed by atoms with Gasteiger partial charge in [0.1, 0.15) is 11.9 Å². The number of nitrogens with zero attached hydrogens (tertiary/aromatic N) is 1. The number of anilines is 3. The molecule has 224 valence electrons. The van der Waals surface area contributed by atoms with Crippen molar-refractivity contribution in [3.63, 3.8) is 0 Å². The molecule has 1 aliphatic heterocycles. The number of ether oxygens (including phenoxy) is 1. The molecule has 5 aromatic rings. The van der Waals surface area contributed by atoms with Gasteiger partial charge in [-0.15, -0.1) is 0 Å². The van der Waals surface area contributed by atoms with Crippen LogP contribution in [-0.4, -0.2) is 6.10 Å². The van der Waals surface area contributed by atoms with Gasteiger partial charge in [-0.25, -0.2) is 0 Å². The minimum Gasteiger partial charge on any atom is -0.484 e. The second-order valence-electron chi connectivity index (χ2n) is 14.4. The molecule has 0 fully saturated rings. The molecule has 0 spiro atoms. The lowest BCUT2D eigenvalue weighted by Crippen LogP contribution is -2.24. The number of hydrogen-bond donors (Lipinski definition) is 0. The third kappa shape index (κ3) is 3.98. The Morgan fingerprint density at radius 3 is 2.30 bits per heavy atom. The van der Waals surface area contributed by atoms with Gasteiger partial charge in [-0.3, -0.25) is 0 Å². The number of allylic oxidation sites excluding steroid dienone is 2. The normalized spacial score (nSPS) is 20.6. The number of hydrogen-bond acceptors (Lipinski definition) is 2. The van der Waals surface area contributed by atoms with Crippen molar-refractivity contribution in [2.24, 2.45) is 0 Å². The number of para-hydroxylation sites is 1. The fourth-order valence-corrected chi connectivity index (χ4v) is 8.36. The summed E-state index contributed by atoms with van der Waals surface area (Å²) >= 11 is 0. The highest BCUT2D eigenvalue weighted by Crippen LogP contribution is 2.57. The lowest BCUT2D eigenvalue weighted by Gasteiger charge is -2.29. The highest BCUT2D eigenvalue weighted by molar-refractivity contribution is 5.90. The molecule has 0 N–H and O–H groups in total. The van der Waals surface area contributed by atoms with Crippen molar-refractivity contribution < 1.29 is 4.74 Å². The van der Waals surface area contributed by atoms with Crippen LogP contribution in [0.15, 0.2) is 121 Å². The van der Waals surface area contributed by atoms with Gasteiger partial charge in [-0.1, -0.05) is 113 Å². The molecule has 1 unspecified atom stereocenters. The molecule has 0 amide bonds. The van der Waals surface area contributed by atoms with E-state index in [2.05, 4.69) is 160 Å². The van der Waals surface area contributed by atoms with E-state index in [4.69, 9.17) is 4.74 Å². The maximum atomic E-state index is 6.67. The smallest absolute Gasteiger partial charge is 0.135 e. The second-order valence-corrected chi connectivity index (χ2v) is 14.4. The minimum atomic E-state index is -0.154. The molecule has 0 aromatic heterocycles.